The minimum atomic E-state index is -0.260. The Labute approximate surface area is 373 Å². The van der Waals surface area contributed by atoms with Crippen molar-refractivity contribution in [1.29, 1.82) is 0 Å². The molecule has 0 fully saturated rings. The van der Waals surface area contributed by atoms with E-state index in [9.17, 15) is 0 Å². The van der Waals surface area contributed by atoms with E-state index in [1.165, 1.54) is 82.0 Å². The molecular formula is C61H43N3. The molecule has 0 saturated heterocycles. The second-order valence-corrected chi connectivity index (χ2v) is 16.7. The van der Waals surface area contributed by atoms with Crippen LogP contribution in [-0.4, -0.2) is 5.84 Å². The average Bonchev–Trinajstić information content (AvgIpc) is 3.39. The molecule has 0 amide bonds. The van der Waals surface area contributed by atoms with Gasteiger partial charge in [-0.2, -0.15) is 0 Å². The van der Waals surface area contributed by atoms with E-state index in [2.05, 4.69) is 241 Å². The van der Waals surface area contributed by atoms with Crippen LogP contribution in [0.5, 0.6) is 0 Å². The number of rotatable bonds is 7. The Morgan fingerprint density at radius 2 is 0.812 bits per heavy atom. The van der Waals surface area contributed by atoms with Crippen molar-refractivity contribution in [1.82, 2.24) is 10.6 Å². The van der Waals surface area contributed by atoms with Crippen LogP contribution in [0.1, 0.15) is 29.0 Å². The highest BCUT2D eigenvalue weighted by atomic mass is 15.3. The van der Waals surface area contributed by atoms with Gasteiger partial charge in [0.2, 0.25) is 0 Å². The van der Waals surface area contributed by atoms with E-state index in [-0.39, 0.29) is 12.3 Å². The zero-order chi connectivity index (χ0) is 42.4. The van der Waals surface area contributed by atoms with Crippen LogP contribution in [0.4, 0.5) is 0 Å². The van der Waals surface area contributed by atoms with Gasteiger partial charge in [0, 0.05) is 5.56 Å². The summed E-state index contributed by atoms with van der Waals surface area (Å²) < 4.78 is 0. The molecule has 3 nitrogen and oxygen atoms in total. The van der Waals surface area contributed by atoms with Gasteiger partial charge in [0.05, 0.1) is 0 Å². The highest BCUT2D eigenvalue weighted by Crippen LogP contribution is 2.41. The molecular weight excluding hydrogens is 775 g/mol. The predicted molar refractivity (Wildman–Crippen MR) is 269 cm³/mol. The third-order valence-corrected chi connectivity index (χ3v) is 12.9. The van der Waals surface area contributed by atoms with Gasteiger partial charge in [-0.3, -0.25) is 5.32 Å². The van der Waals surface area contributed by atoms with Crippen LogP contribution in [0.2, 0.25) is 0 Å². The molecule has 1 aliphatic rings. The minimum absolute atomic E-state index is 0.196. The van der Waals surface area contributed by atoms with Gasteiger partial charge in [0.15, 0.2) is 0 Å². The molecule has 64 heavy (non-hydrogen) atoms. The topological polar surface area (TPSA) is 36.4 Å². The molecule has 0 saturated carbocycles. The Balaban J connectivity index is 0.921. The quantitative estimate of drug-likeness (QED) is 0.157. The summed E-state index contributed by atoms with van der Waals surface area (Å²) >= 11 is 0. The molecule has 2 N–H and O–H groups in total. The summed E-state index contributed by atoms with van der Waals surface area (Å²) in [6.45, 7) is 0. The SMILES string of the molecule is c1ccc(C2=NC(c3cccc(-c4ccccc4)c3)NC(c3cccc(-c4ccc5ccccc5c4-c4ccc(-c5ccc6c7ccccc7c7ccccc7c6c5)cc4)c3)N2)cc1. The summed E-state index contributed by atoms with van der Waals surface area (Å²) in [5, 5.41) is 17.8. The van der Waals surface area contributed by atoms with E-state index in [1.807, 2.05) is 6.07 Å². The lowest BCUT2D eigenvalue weighted by atomic mass is 9.88. The van der Waals surface area contributed by atoms with Crippen LogP contribution < -0.4 is 10.6 Å². The molecule has 0 spiro atoms. The normalized spacial score (nSPS) is 15.0. The highest BCUT2D eigenvalue weighted by molar-refractivity contribution is 6.25. The molecule has 3 heteroatoms. The van der Waals surface area contributed by atoms with Gasteiger partial charge in [-0.15, -0.1) is 0 Å². The zero-order valence-electron chi connectivity index (χ0n) is 35.1. The van der Waals surface area contributed by atoms with Crippen molar-refractivity contribution in [2.75, 3.05) is 0 Å². The molecule has 1 aliphatic heterocycles. The van der Waals surface area contributed by atoms with Gasteiger partial charge >= 0.3 is 0 Å². The summed E-state index contributed by atoms with van der Waals surface area (Å²) in [6, 6.07) is 85.7. The number of benzene rings is 11. The van der Waals surface area contributed by atoms with Crippen molar-refractivity contribution in [3.63, 3.8) is 0 Å². The van der Waals surface area contributed by atoms with Crippen LogP contribution >= 0.6 is 0 Å². The fourth-order valence-electron chi connectivity index (χ4n) is 9.79. The smallest absolute Gasteiger partial charge is 0.131 e. The molecule has 0 bridgehead atoms. The molecule has 11 aromatic rings. The van der Waals surface area contributed by atoms with Crippen LogP contribution in [0, 0.1) is 0 Å². The van der Waals surface area contributed by atoms with Crippen LogP contribution in [0.15, 0.2) is 242 Å². The van der Waals surface area contributed by atoms with Crippen molar-refractivity contribution < 1.29 is 0 Å². The van der Waals surface area contributed by atoms with Gasteiger partial charge in [-0.05, 0) is 117 Å². The molecule has 0 aliphatic carbocycles. The summed E-state index contributed by atoms with van der Waals surface area (Å²) in [5.41, 5.74) is 12.8. The third kappa shape index (κ3) is 6.80. The lowest BCUT2D eigenvalue weighted by molar-refractivity contribution is 0.409. The summed E-state index contributed by atoms with van der Waals surface area (Å²) in [6.07, 6.45) is -0.456. The number of hydrogen-bond donors (Lipinski definition) is 2. The minimum Gasteiger partial charge on any atom is -0.350 e. The van der Waals surface area contributed by atoms with Crippen molar-refractivity contribution in [3.05, 3.63) is 253 Å². The highest BCUT2D eigenvalue weighted by Gasteiger charge is 2.26. The Bertz CT molecular complexity index is 3520. The Kier molecular flexibility index (Phi) is 9.39. The van der Waals surface area contributed by atoms with Gasteiger partial charge in [-0.25, -0.2) is 4.99 Å². The van der Waals surface area contributed by atoms with Crippen molar-refractivity contribution in [2.24, 2.45) is 4.99 Å². The van der Waals surface area contributed by atoms with E-state index in [4.69, 9.17) is 4.99 Å². The zero-order valence-corrected chi connectivity index (χ0v) is 35.1. The van der Waals surface area contributed by atoms with Gasteiger partial charge in [-0.1, -0.05) is 218 Å². The monoisotopic (exact) mass is 817 g/mol. The molecule has 12 rings (SSSR count). The largest absolute Gasteiger partial charge is 0.350 e. The maximum atomic E-state index is 5.26. The number of aliphatic imine (C=N–C) groups is 1. The summed E-state index contributed by atoms with van der Waals surface area (Å²) in [5.74, 6) is 0.865. The molecule has 0 aromatic heterocycles. The van der Waals surface area contributed by atoms with Crippen LogP contribution in [0.3, 0.4) is 0 Å². The number of nitrogens with one attached hydrogen (secondary N) is 2. The number of amidine groups is 1. The molecule has 1 heterocycles. The van der Waals surface area contributed by atoms with Crippen molar-refractivity contribution in [2.45, 2.75) is 12.3 Å². The summed E-state index contributed by atoms with van der Waals surface area (Å²) in [4.78, 5) is 5.26. The van der Waals surface area contributed by atoms with Crippen LogP contribution in [0.25, 0.3) is 87.6 Å². The maximum Gasteiger partial charge on any atom is 0.131 e. The first-order valence-corrected chi connectivity index (χ1v) is 22.1. The van der Waals surface area contributed by atoms with Crippen LogP contribution in [-0.2, 0) is 0 Å². The average molecular weight is 818 g/mol. The Morgan fingerprint density at radius 1 is 0.312 bits per heavy atom. The van der Waals surface area contributed by atoms with E-state index in [0.29, 0.717) is 0 Å². The maximum absolute atomic E-state index is 5.26. The second-order valence-electron chi connectivity index (χ2n) is 16.7. The molecule has 11 aromatic carbocycles. The number of fused-ring (bicyclic) bond motifs is 7. The second kappa shape index (κ2) is 16.0. The van der Waals surface area contributed by atoms with Crippen molar-refractivity contribution >= 4 is 48.9 Å². The fraction of sp³-hybridized carbons (Fsp3) is 0.0328. The van der Waals surface area contributed by atoms with E-state index < -0.39 is 0 Å². The van der Waals surface area contributed by atoms with E-state index >= 15 is 0 Å². The number of hydrogen-bond acceptors (Lipinski definition) is 3. The molecule has 0 radical (unpaired) electrons. The van der Waals surface area contributed by atoms with E-state index in [0.717, 1.165) is 28.1 Å². The fourth-order valence-corrected chi connectivity index (χ4v) is 9.79. The first kappa shape index (κ1) is 37.6. The Hall–Kier alpha value is -8.11. The standard InChI is InChI=1S/C61H43N3/c1-3-15-40(16-4-1)45-20-13-22-48(37-45)60-62-59(44-18-5-2-6-19-44)63-61(64-60)49-23-14-21-47(38-49)51-35-33-42-17-7-8-24-50(42)58(51)43-31-29-41(30-32-43)46-34-36-56-54-27-10-9-25-52(54)53-26-11-12-28-55(53)57(56)39-46/h1-39,60-61,64H,(H,62,63). The lowest BCUT2D eigenvalue weighted by Crippen LogP contribution is -2.44. The first-order valence-electron chi connectivity index (χ1n) is 22.1. The number of nitrogens with zero attached hydrogens (tertiary/aromatic N) is 1. The Morgan fingerprint density at radius 3 is 1.53 bits per heavy atom. The van der Waals surface area contributed by atoms with E-state index in [1.54, 1.807) is 0 Å². The summed E-state index contributed by atoms with van der Waals surface area (Å²) in [7, 11) is 0. The third-order valence-electron chi connectivity index (χ3n) is 12.9. The lowest BCUT2D eigenvalue weighted by Gasteiger charge is -2.32. The van der Waals surface area contributed by atoms with Crippen molar-refractivity contribution in [3.8, 4) is 44.5 Å². The van der Waals surface area contributed by atoms with Gasteiger partial charge in [0.1, 0.15) is 18.2 Å². The van der Waals surface area contributed by atoms with Gasteiger partial charge in [0.25, 0.3) is 0 Å². The molecule has 2 unspecified atom stereocenters. The van der Waals surface area contributed by atoms with Gasteiger partial charge < -0.3 is 5.32 Å². The molecule has 2 atom stereocenters. The predicted octanol–water partition coefficient (Wildman–Crippen LogP) is 15.3. The molecule has 302 valence electrons. The first-order chi connectivity index (χ1) is 31.7.